The van der Waals surface area contributed by atoms with Gasteiger partial charge in [-0.1, -0.05) is 12.1 Å². The molecule has 2 aliphatic heterocycles. The summed E-state index contributed by atoms with van der Waals surface area (Å²) >= 11 is 1.68. The zero-order valence-corrected chi connectivity index (χ0v) is 17.9. The van der Waals surface area contributed by atoms with E-state index in [0.717, 1.165) is 83.9 Å². The van der Waals surface area contributed by atoms with E-state index in [1.165, 1.54) is 0 Å². The third kappa shape index (κ3) is 3.73. The van der Waals surface area contributed by atoms with Crippen molar-refractivity contribution in [2.45, 2.75) is 13.0 Å². The van der Waals surface area contributed by atoms with Crippen LogP contribution in [-0.4, -0.2) is 52.8 Å². The van der Waals surface area contributed by atoms with Gasteiger partial charge in [0, 0.05) is 43.7 Å². The number of thiazole rings is 1. The number of nitrogens with zero attached hydrogens (tertiary/aromatic N) is 4. The van der Waals surface area contributed by atoms with Gasteiger partial charge in [-0.2, -0.15) is 0 Å². The second-order valence-corrected chi connectivity index (χ2v) is 8.76. The van der Waals surface area contributed by atoms with E-state index in [9.17, 15) is 0 Å². The zero-order chi connectivity index (χ0) is 20.6. The number of benzene rings is 2. The number of nitrogens with one attached hydrogen (secondary N) is 1. The third-order valence-corrected chi connectivity index (χ3v) is 6.76. The maximum absolute atomic E-state index is 5.50. The molecule has 7 nitrogen and oxygen atoms in total. The van der Waals surface area contributed by atoms with Gasteiger partial charge >= 0.3 is 0 Å². The molecule has 2 aromatic heterocycles. The molecule has 2 aliphatic rings. The molecular formula is C23H23N5O2S. The number of H-pyrrole nitrogens is 1. The number of hydrogen-bond donors (Lipinski definition) is 1. The number of aromatic nitrogens is 3. The Balaban J connectivity index is 1.12. The highest BCUT2D eigenvalue weighted by atomic mass is 32.1. The smallest absolute Gasteiger partial charge is 0.231 e. The van der Waals surface area contributed by atoms with E-state index in [4.69, 9.17) is 19.4 Å². The minimum absolute atomic E-state index is 0.294. The fraction of sp³-hybridized carbons (Fsp3) is 0.304. The summed E-state index contributed by atoms with van der Waals surface area (Å²) in [5.41, 5.74) is 4.32. The van der Waals surface area contributed by atoms with Crippen LogP contribution >= 0.6 is 11.3 Å². The standard InChI is InChI=1S/C23H23N5O2S/c1-2-5-19-18(4-1)25-23(26-19)28-9-3-8-27(10-11-28)13-17-14-31-22(24-17)16-6-7-20-21(12-16)30-15-29-20/h1-2,4-7,12,14H,3,8-11,13,15H2,(H,25,26). The molecule has 0 unspecified atom stereocenters. The van der Waals surface area contributed by atoms with Crippen LogP contribution in [-0.2, 0) is 6.54 Å². The molecule has 0 bridgehead atoms. The predicted octanol–water partition coefficient (Wildman–Crippen LogP) is 4.13. The summed E-state index contributed by atoms with van der Waals surface area (Å²) in [6, 6.07) is 14.2. The van der Waals surface area contributed by atoms with Crippen LogP contribution in [0, 0.1) is 0 Å². The predicted molar refractivity (Wildman–Crippen MR) is 122 cm³/mol. The molecule has 31 heavy (non-hydrogen) atoms. The van der Waals surface area contributed by atoms with Crippen molar-refractivity contribution in [2.75, 3.05) is 37.9 Å². The summed E-state index contributed by atoms with van der Waals surface area (Å²) in [7, 11) is 0. The minimum atomic E-state index is 0.294. The topological polar surface area (TPSA) is 66.5 Å². The third-order valence-electron chi connectivity index (χ3n) is 5.82. The second kappa shape index (κ2) is 7.86. The van der Waals surface area contributed by atoms with Crippen molar-refractivity contribution in [2.24, 2.45) is 0 Å². The van der Waals surface area contributed by atoms with Crippen LogP contribution in [0.4, 0.5) is 5.95 Å². The number of aromatic amines is 1. The van der Waals surface area contributed by atoms with Crippen LogP contribution in [0.15, 0.2) is 47.8 Å². The minimum Gasteiger partial charge on any atom is -0.454 e. The Morgan fingerprint density at radius 2 is 1.90 bits per heavy atom. The van der Waals surface area contributed by atoms with Crippen LogP contribution < -0.4 is 14.4 Å². The lowest BCUT2D eigenvalue weighted by Crippen LogP contribution is -2.31. The maximum Gasteiger partial charge on any atom is 0.231 e. The van der Waals surface area contributed by atoms with Crippen LogP contribution in [0.1, 0.15) is 12.1 Å². The number of anilines is 1. The molecule has 1 saturated heterocycles. The van der Waals surface area contributed by atoms with Crippen molar-refractivity contribution in [3.8, 4) is 22.1 Å². The molecule has 0 atom stereocenters. The van der Waals surface area contributed by atoms with E-state index in [2.05, 4.69) is 32.3 Å². The first kappa shape index (κ1) is 18.7. The molecule has 0 saturated carbocycles. The van der Waals surface area contributed by atoms with Gasteiger partial charge in [0.25, 0.3) is 0 Å². The van der Waals surface area contributed by atoms with Crippen molar-refractivity contribution in [3.63, 3.8) is 0 Å². The average Bonchev–Trinajstić information content (AvgIpc) is 3.50. The molecule has 4 heterocycles. The van der Waals surface area contributed by atoms with Gasteiger partial charge in [-0.05, 0) is 36.8 Å². The van der Waals surface area contributed by atoms with Gasteiger partial charge in [0.15, 0.2) is 11.5 Å². The fourth-order valence-electron chi connectivity index (χ4n) is 4.20. The summed E-state index contributed by atoms with van der Waals surface area (Å²) in [4.78, 5) is 18.0. The van der Waals surface area contributed by atoms with Crippen molar-refractivity contribution >= 4 is 28.3 Å². The van der Waals surface area contributed by atoms with Crippen molar-refractivity contribution < 1.29 is 9.47 Å². The molecular weight excluding hydrogens is 410 g/mol. The number of imidazole rings is 1. The maximum atomic E-state index is 5.50. The molecule has 0 radical (unpaired) electrons. The lowest BCUT2D eigenvalue weighted by molar-refractivity contribution is 0.174. The Labute approximate surface area is 184 Å². The van der Waals surface area contributed by atoms with Crippen molar-refractivity contribution in [3.05, 3.63) is 53.5 Å². The average molecular weight is 434 g/mol. The van der Waals surface area contributed by atoms with Gasteiger partial charge in [0.05, 0.1) is 16.7 Å². The second-order valence-electron chi connectivity index (χ2n) is 7.91. The highest BCUT2D eigenvalue weighted by molar-refractivity contribution is 7.13. The SMILES string of the molecule is c1ccc2[nH]c(N3CCCN(Cc4csc(-c5ccc6c(c5)OCO6)n4)CC3)nc2c1. The number of fused-ring (bicyclic) bond motifs is 2. The molecule has 0 amide bonds. The van der Waals surface area contributed by atoms with E-state index >= 15 is 0 Å². The van der Waals surface area contributed by atoms with Gasteiger partial charge in [0.1, 0.15) is 5.01 Å². The molecule has 1 N–H and O–H groups in total. The van der Waals surface area contributed by atoms with Crippen LogP contribution in [0.25, 0.3) is 21.6 Å². The van der Waals surface area contributed by atoms with Crippen LogP contribution in [0.5, 0.6) is 11.5 Å². The fourth-order valence-corrected chi connectivity index (χ4v) is 5.01. The van der Waals surface area contributed by atoms with Gasteiger partial charge < -0.3 is 19.4 Å². The lowest BCUT2D eigenvalue weighted by atomic mass is 10.2. The summed E-state index contributed by atoms with van der Waals surface area (Å²) in [6.45, 7) is 5.19. The van der Waals surface area contributed by atoms with E-state index < -0.39 is 0 Å². The van der Waals surface area contributed by atoms with Crippen LogP contribution in [0.3, 0.4) is 0 Å². The number of rotatable bonds is 4. The number of hydrogen-bond acceptors (Lipinski definition) is 7. The molecule has 6 rings (SSSR count). The van der Waals surface area contributed by atoms with Crippen molar-refractivity contribution in [1.29, 1.82) is 0 Å². The molecule has 0 spiro atoms. The van der Waals surface area contributed by atoms with Gasteiger partial charge in [0.2, 0.25) is 12.7 Å². The summed E-state index contributed by atoms with van der Waals surface area (Å²) < 4.78 is 10.9. The number of ether oxygens (including phenoxy) is 2. The lowest BCUT2D eigenvalue weighted by Gasteiger charge is -2.20. The normalized spacial score (nSPS) is 16.7. The monoisotopic (exact) mass is 433 g/mol. The summed E-state index contributed by atoms with van der Waals surface area (Å²) in [6.07, 6.45) is 1.11. The van der Waals surface area contributed by atoms with E-state index in [1.807, 2.05) is 30.3 Å². The van der Waals surface area contributed by atoms with E-state index in [-0.39, 0.29) is 0 Å². The molecule has 2 aromatic carbocycles. The quantitative estimate of drug-likeness (QED) is 0.522. The first-order valence-electron chi connectivity index (χ1n) is 10.6. The molecule has 4 aromatic rings. The van der Waals surface area contributed by atoms with Gasteiger partial charge in [-0.15, -0.1) is 11.3 Å². The highest BCUT2D eigenvalue weighted by Gasteiger charge is 2.19. The first-order valence-corrected chi connectivity index (χ1v) is 11.5. The Kier molecular flexibility index (Phi) is 4.73. The Morgan fingerprint density at radius 3 is 2.87 bits per heavy atom. The van der Waals surface area contributed by atoms with Crippen LogP contribution in [0.2, 0.25) is 0 Å². The highest BCUT2D eigenvalue weighted by Crippen LogP contribution is 2.36. The largest absolute Gasteiger partial charge is 0.454 e. The van der Waals surface area contributed by atoms with Crippen molar-refractivity contribution in [1.82, 2.24) is 19.9 Å². The first-order chi connectivity index (χ1) is 15.3. The zero-order valence-electron chi connectivity index (χ0n) is 17.1. The Hall–Kier alpha value is -3.10. The van der Waals surface area contributed by atoms with Gasteiger partial charge in [-0.3, -0.25) is 4.90 Å². The molecule has 1 fully saturated rings. The van der Waals surface area contributed by atoms with E-state index in [0.29, 0.717) is 6.79 Å². The Morgan fingerprint density at radius 1 is 0.968 bits per heavy atom. The summed E-state index contributed by atoms with van der Waals surface area (Å²) in [5.74, 6) is 2.58. The Bertz CT molecular complexity index is 1190. The van der Waals surface area contributed by atoms with E-state index in [1.54, 1.807) is 11.3 Å². The number of para-hydroxylation sites is 2. The van der Waals surface area contributed by atoms with Gasteiger partial charge in [-0.25, -0.2) is 9.97 Å². The molecule has 0 aliphatic carbocycles. The molecule has 8 heteroatoms. The molecule has 158 valence electrons. The summed E-state index contributed by atoms with van der Waals surface area (Å²) in [5, 5.41) is 3.19.